The van der Waals surface area contributed by atoms with Gasteiger partial charge in [0, 0.05) is 23.8 Å². The molecule has 0 atom stereocenters. The van der Waals surface area contributed by atoms with Gasteiger partial charge in [-0.05, 0) is 54.1 Å². The Morgan fingerprint density at radius 1 is 0.935 bits per heavy atom. The second-order valence-electron chi connectivity index (χ2n) is 6.82. The van der Waals surface area contributed by atoms with E-state index in [-0.39, 0.29) is 12.2 Å². The van der Waals surface area contributed by atoms with Gasteiger partial charge in [0.25, 0.3) is 5.91 Å². The number of rotatable bonds is 5. The van der Waals surface area contributed by atoms with E-state index in [1.54, 1.807) is 18.3 Å². The molecule has 2 heterocycles. The fourth-order valence-corrected chi connectivity index (χ4v) is 3.06. The van der Waals surface area contributed by atoms with Crippen LogP contribution in [0.1, 0.15) is 21.6 Å². The molecular weight excluding hydrogens is 405 g/mol. The molecule has 0 saturated carbocycles. The van der Waals surface area contributed by atoms with Crippen molar-refractivity contribution in [3.05, 3.63) is 95.8 Å². The van der Waals surface area contributed by atoms with E-state index in [9.17, 15) is 18.0 Å². The normalized spacial score (nSPS) is 11.3. The Balaban J connectivity index is 1.44. The number of halogens is 3. The summed E-state index contributed by atoms with van der Waals surface area (Å²) in [5, 5.41) is 6.71. The quantitative estimate of drug-likeness (QED) is 0.457. The summed E-state index contributed by atoms with van der Waals surface area (Å²) in [7, 11) is 0. The van der Waals surface area contributed by atoms with Gasteiger partial charge in [0.15, 0.2) is 0 Å². The highest BCUT2D eigenvalue weighted by atomic mass is 19.4. The van der Waals surface area contributed by atoms with E-state index < -0.39 is 17.6 Å². The number of pyridine rings is 2. The molecule has 2 aromatic heterocycles. The maximum absolute atomic E-state index is 12.8. The second kappa shape index (κ2) is 8.43. The molecule has 31 heavy (non-hydrogen) atoms. The first kappa shape index (κ1) is 20.3. The van der Waals surface area contributed by atoms with E-state index in [2.05, 4.69) is 20.6 Å². The minimum absolute atomic E-state index is 0.0419. The van der Waals surface area contributed by atoms with E-state index >= 15 is 0 Å². The SMILES string of the molecule is O=C(NCc1cccc(C(F)(F)F)c1)c1cccc(Nc2ccc3ncccc3c2)n1. The Kier molecular flexibility index (Phi) is 5.53. The summed E-state index contributed by atoms with van der Waals surface area (Å²) in [6.07, 6.45) is -2.71. The van der Waals surface area contributed by atoms with Crippen molar-refractivity contribution in [2.45, 2.75) is 12.7 Å². The zero-order chi connectivity index (χ0) is 21.8. The number of benzene rings is 2. The second-order valence-corrected chi connectivity index (χ2v) is 6.82. The third-order valence-electron chi connectivity index (χ3n) is 4.56. The lowest BCUT2D eigenvalue weighted by Gasteiger charge is -2.10. The van der Waals surface area contributed by atoms with Gasteiger partial charge in [0.05, 0.1) is 11.1 Å². The van der Waals surface area contributed by atoms with Gasteiger partial charge >= 0.3 is 6.18 Å². The highest BCUT2D eigenvalue weighted by molar-refractivity contribution is 5.92. The third-order valence-corrected chi connectivity index (χ3v) is 4.56. The Morgan fingerprint density at radius 2 is 1.77 bits per heavy atom. The van der Waals surface area contributed by atoms with Gasteiger partial charge in [-0.15, -0.1) is 0 Å². The lowest BCUT2D eigenvalue weighted by atomic mass is 10.1. The maximum atomic E-state index is 12.8. The number of nitrogens with zero attached hydrogens (tertiary/aromatic N) is 2. The molecule has 5 nitrogen and oxygen atoms in total. The van der Waals surface area contributed by atoms with Gasteiger partial charge in [-0.2, -0.15) is 13.2 Å². The van der Waals surface area contributed by atoms with Gasteiger partial charge in [0.2, 0.25) is 0 Å². The van der Waals surface area contributed by atoms with E-state index in [1.165, 1.54) is 18.2 Å². The van der Waals surface area contributed by atoms with Crippen LogP contribution in [0.15, 0.2) is 79.0 Å². The average Bonchev–Trinajstić information content (AvgIpc) is 2.77. The van der Waals surface area contributed by atoms with E-state index in [0.29, 0.717) is 11.4 Å². The van der Waals surface area contributed by atoms with Crippen molar-refractivity contribution in [1.29, 1.82) is 0 Å². The Hall–Kier alpha value is -3.94. The van der Waals surface area contributed by atoms with Crippen molar-refractivity contribution in [2.75, 3.05) is 5.32 Å². The van der Waals surface area contributed by atoms with Crippen molar-refractivity contribution in [2.24, 2.45) is 0 Å². The largest absolute Gasteiger partial charge is 0.416 e. The number of hydrogen-bond donors (Lipinski definition) is 2. The number of carbonyl (C=O) groups is 1. The number of aromatic nitrogens is 2. The Labute approximate surface area is 176 Å². The van der Waals surface area contributed by atoms with Crippen LogP contribution in [-0.2, 0) is 12.7 Å². The molecule has 4 aromatic rings. The van der Waals surface area contributed by atoms with Gasteiger partial charge in [-0.25, -0.2) is 4.98 Å². The molecule has 1 amide bonds. The summed E-state index contributed by atoms with van der Waals surface area (Å²) >= 11 is 0. The molecule has 0 spiro atoms. The summed E-state index contributed by atoms with van der Waals surface area (Å²) in [5.74, 6) is -0.0151. The fraction of sp³-hybridized carbons (Fsp3) is 0.0870. The number of hydrogen-bond acceptors (Lipinski definition) is 4. The highest BCUT2D eigenvalue weighted by Crippen LogP contribution is 2.29. The monoisotopic (exact) mass is 422 g/mol. The van der Waals surface area contributed by atoms with Gasteiger partial charge < -0.3 is 10.6 Å². The van der Waals surface area contributed by atoms with Crippen LogP contribution in [0, 0.1) is 0 Å². The maximum Gasteiger partial charge on any atom is 0.416 e. The van der Waals surface area contributed by atoms with Crippen LogP contribution >= 0.6 is 0 Å². The summed E-state index contributed by atoms with van der Waals surface area (Å²) in [6.45, 7) is -0.0419. The van der Waals surface area contributed by atoms with Crippen LogP contribution in [0.2, 0.25) is 0 Å². The molecule has 4 rings (SSSR count). The number of amides is 1. The minimum atomic E-state index is -4.43. The van der Waals surface area contributed by atoms with Crippen molar-refractivity contribution >= 4 is 28.3 Å². The van der Waals surface area contributed by atoms with Crippen LogP contribution in [0.3, 0.4) is 0 Å². The number of fused-ring (bicyclic) bond motifs is 1. The van der Waals surface area contributed by atoms with Crippen LogP contribution < -0.4 is 10.6 Å². The first-order chi connectivity index (χ1) is 14.9. The predicted molar refractivity (Wildman–Crippen MR) is 112 cm³/mol. The first-order valence-corrected chi connectivity index (χ1v) is 9.42. The zero-order valence-corrected chi connectivity index (χ0v) is 16.1. The molecule has 2 N–H and O–H groups in total. The van der Waals surface area contributed by atoms with E-state index in [0.717, 1.165) is 28.7 Å². The number of carbonyl (C=O) groups excluding carboxylic acids is 1. The molecule has 0 bridgehead atoms. The fourth-order valence-electron chi connectivity index (χ4n) is 3.06. The first-order valence-electron chi connectivity index (χ1n) is 9.42. The van der Waals surface area contributed by atoms with Crippen LogP contribution in [0.25, 0.3) is 10.9 Å². The third kappa shape index (κ3) is 4.98. The average molecular weight is 422 g/mol. The number of alkyl halides is 3. The summed E-state index contributed by atoms with van der Waals surface area (Å²) in [5.41, 5.74) is 1.40. The minimum Gasteiger partial charge on any atom is -0.347 e. The Bertz CT molecular complexity index is 1240. The summed E-state index contributed by atoms with van der Waals surface area (Å²) in [6, 6.07) is 19.2. The number of nitrogens with one attached hydrogen (secondary N) is 2. The molecule has 156 valence electrons. The number of anilines is 2. The van der Waals surface area contributed by atoms with Gasteiger partial charge in [0.1, 0.15) is 11.5 Å². The molecule has 2 aromatic carbocycles. The summed E-state index contributed by atoms with van der Waals surface area (Å²) in [4.78, 5) is 21.0. The van der Waals surface area contributed by atoms with Crippen LogP contribution in [0.4, 0.5) is 24.7 Å². The Morgan fingerprint density at radius 3 is 2.61 bits per heavy atom. The van der Waals surface area contributed by atoms with Crippen molar-refractivity contribution < 1.29 is 18.0 Å². The van der Waals surface area contributed by atoms with Crippen molar-refractivity contribution in [3.8, 4) is 0 Å². The predicted octanol–water partition coefficient (Wildman–Crippen LogP) is 5.32. The molecular formula is C23H17F3N4O. The van der Waals surface area contributed by atoms with E-state index in [4.69, 9.17) is 0 Å². The molecule has 8 heteroatoms. The lowest BCUT2D eigenvalue weighted by molar-refractivity contribution is -0.137. The van der Waals surface area contributed by atoms with Gasteiger partial charge in [-0.1, -0.05) is 24.3 Å². The zero-order valence-electron chi connectivity index (χ0n) is 16.1. The molecule has 0 fully saturated rings. The molecule has 0 aliphatic rings. The molecule has 0 aliphatic heterocycles. The summed E-state index contributed by atoms with van der Waals surface area (Å²) < 4.78 is 38.5. The molecule has 0 saturated heterocycles. The van der Waals surface area contributed by atoms with Crippen molar-refractivity contribution in [3.63, 3.8) is 0 Å². The van der Waals surface area contributed by atoms with Crippen molar-refractivity contribution in [1.82, 2.24) is 15.3 Å². The topological polar surface area (TPSA) is 66.9 Å². The van der Waals surface area contributed by atoms with Crippen LogP contribution in [-0.4, -0.2) is 15.9 Å². The smallest absolute Gasteiger partial charge is 0.347 e. The standard InChI is InChI=1S/C23H17F3N4O/c24-23(25,26)17-6-1-4-15(12-17)14-28-22(31)20-7-2-8-21(30-20)29-18-9-10-19-16(13-18)5-3-11-27-19/h1-13H,14H2,(H,28,31)(H,29,30). The highest BCUT2D eigenvalue weighted by Gasteiger charge is 2.30. The van der Waals surface area contributed by atoms with Crippen LogP contribution in [0.5, 0.6) is 0 Å². The lowest BCUT2D eigenvalue weighted by Crippen LogP contribution is -2.24. The molecule has 0 radical (unpaired) electrons. The molecule has 0 unspecified atom stereocenters. The van der Waals surface area contributed by atoms with E-state index in [1.807, 2.05) is 30.3 Å². The molecule has 0 aliphatic carbocycles. The van der Waals surface area contributed by atoms with Gasteiger partial charge in [-0.3, -0.25) is 9.78 Å².